The Labute approximate surface area is 92.2 Å². The first-order valence-corrected chi connectivity index (χ1v) is 6.14. The Morgan fingerprint density at radius 2 is 2.27 bits per heavy atom. The van der Waals surface area contributed by atoms with Gasteiger partial charge in [-0.2, -0.15) is 0 Å². The predicted octanol–water partition coefficient (Wildman–Crippen LogP) is 1.30. The molecule has 1 heterocycles. The number of aliphatic hydroxyl groups is 1. The van der Waals surface area contributed by atoms with Crippen molar-refractivity contribution in [2.45, 2.75) is 57.7 Å². The summed E-state index contributed by atoms with van der Waals surface area (Å²) in [5.74, 6) is 0. The van der Waals surface area contributed by atoms with Gasteiger partial charge in [-0.25, -0.2) is 0 Å². The Hall–Kier alpha value is -0.120. The van der Waals surface area contributed by atoms with Crippen LogP contribution in [-0.2, 0) is 4.74 Å². The average molecular weight is 213 g/mol. The average Bonchev–Trinajstić information content (AvgIpc) is 2.77. The van der Waals surface area contributed by atoms with E-state index in [9.17, 15) is 5.11 Å². The summed E-state index contributed by atoms with van der Waals surface area (Å²) in [6.07, 6.45) is 5.01. The molecule has 1 saturated heterocycles. The minimum absolute atomic E-state index is 0.0856. The van der Waals surface area contributed by atoms with Crippen LogP contribution in [0.5, 0.6) is 0 Å². The van der Waals surface area contributed by atoms with Crippen LogP contribution >= 0.6 is 0 Å². The van der Waals surface area contributed by atoms with Gasteiger partial charge in [-0.3, -0.25) is 0 Å². The molecule has 4 atom stereocenters. The zero-order chi connectivity index (χ0) is 10.9. The second-order valence-corrected chi connectivity index (χ2v) is 5.39. The van der Waals surface area contributed by atoms with Crippen LogP contribution in [0.2, 0.25) is 0 Å². The molecule has 1 saturated carbocycles. The zero-order valence-corrected chi connectivity index (χ0v) is 9.83. The summed E-state index contributed by atoms with van der Waals surface area (Å²) in [5, 5.41) is 13.1. The second-order valence-electron chi connectivity index (χ2n) is 5.39. The van der Waals surface area contributed by atoms with Crippen molar-refractivity contribution in [3.8, 4) is 0 Å². The Morgan fingerprint density at radius 3 is 2.87 bits per heavy atom. The summed E-state index contributed by atoms with van der Waals surface area (Å²) in [4.78, 5) is 0. The van der Waals surface area contributed by atoms with Gasteiger partial charge in [0.1, 0.15) is 0 Å². The van der Waals surface area contributed by atoms with Crippen molar-refractivity contribution in [1.82, 2.24) is 5.32 Å². The van der Waals surface area contributed by atoms with Crippen LogP contribution in [0.1, 0.15) is 39.5 Å². The third-order valence-corrected chi connectivity index (χ3v) is 4.23. The highest BCUT2D eigenvalue weighted by molar-refractivity contribution is 4.96. The van der Waals surface area contributed by atoms with Crippen molar-refractivity contribution in [3.63, 3.8) is 0 Å². The van der Waals surface area contributed by atoms with Gasteiger partial charge in [-0.05, 0) is 26.2 Å². The fourth-order valence-corrected chi connectivity index (χ4v) is 2.92. The van der Waals surface area contributed by atoms with Gasteiger partial charge in [0.2, 0.25) is 0 Å². The van der Waals surface area contributed by atoms with Gasteiger partial charge in [-0.15, -0.1) is 0 Å². The van der Waals surface area contributed by atoms with Crippen molar-refractivity contribution >= 4 is 0 Å². The van der Waals surface area contributed by atoms with Crippen molar-refractivity contribution in [1.29, 1.82) is 0 Å². The quantitative estimate of drug-likeness (QED) is 0.742. The molecule has 15 heavy (non-hydrogen) atoms. The zero-order valence-electron chi connectivity index (χ0n) is 9.83. The van der Waals surface area contributed by atoms with E-state index in [1.165, 1.54) is 12.8 Å². The van der Waals surface area contributed by atoms with Crippen molar-refractivity contribution in [2.24, 2.45) is 5.41 Å². The molecule has 2 N–H and O–H groups in total. The third-order valence-electron chi connectivity index (χ3n) is 4.23. The highest BCUT2D eigenvalue weighted by Gasteiger charge is 2.40. The van der Waals surface area contributed by atoms with Gasteiger partial charge in [0, 0.05) is 30.7 Å². The monoisotopic (exact) mass is 213 g/mol. The van der Waals surface area contributed by atoms with E-state index in [-0.39, 0.29) is 5.41 Å². The van der Waals surface area contributed by atoms with Gasteiger partial charge in [-0.1, -0.05) is 13.3 Å². The molecule has 0 aromatic carbocycles. The Kier molecular flexibility index (Phi) is 3.33. The van der Waals surface area contributed by atoms with Gasteiger partial charge in [0.25, 0.3) is 0 Å². The molecule has 0 bridgehead atoms. The van der Waals surface area contributed by atoms with Gasteiger partial charge in [0.15, 0.2) is 0 Å². The van der Waals surface area contributed by atoms with Crippen molar-refractivity contribution < 1.29 is 9.84 Å². The van der Waals surface area contributed by atoms with E-state index in [1.807, 2.05) is 0 Å². The summed E-state index contributed by atoms with van der Waals surface area (Å²) in [6.45, 7) is 5.50. The fourth-order valence-electron chi connectivity index (χ4n) is 2.92. The molecular formula is C12H23NO2. The molecule has 0 amide bonds. The molecule has 0 aromatic heterocycles. The Balaban J connectivity index is 1.93. The molecule has 3 heteroatoms. The second kappa shape index (κ2) is 4.40. The van der Waals surface area contributed by atoms with Crippen LogP contribution in [0.15, 0.2) is 0 Å². The third kappa shape index (κ3) is 2.19. The molecule has 4 unspecified atom stereocenters. The van der Waals surface area contributed by atoms with Crippen LogP contribution in [0.25, 0.3) is 0 Å². The van der Waals surface area contributed by atoms with Gasteiger partial charge < -0.3 is 15.2 Å². The first kappa shape index (κ1) is 11.4. The lowest BCUT2D eigenvalue weighted by atomic mass is 9.85. The summed E-state index contributed by atoms with van der Waals surface area (Å²) in [6, 6.07) is 0.954. The summed E-state index contributed by atoms with van der Waals surface area (Å²) in [5.41, 5.74) is 0.0856. The molecule has 1 aliphatic carbocycles. The summed E-state index contributed by atoms with van der Waals surface area (Å²) < 4.78 is 5.55. The molecule has 1 aliphatic heterocycles. The number of hydrogen-bond donors (Lipinski definition) is 2. The van der Waals surface area contributed by atoms with Crippen molar-refractivity contribution in [3.05, 3.63) is 0 Å². The van der Waals surface area contributed by atoms with E-state index in [0.29, 0.717) is 24.8 Å². The number of hydrogen-bond acceptors (Lipinski definition) is 3. The van der Waals surface area contributed by atoms with E-state index in [4.69, 9.17) is 4.74 Å². The maximum absolute atomic E-state index is 9.46. The minimum atomic E-state index is 0.0856. The first-order valence-electron chi connectivity index (χ1n) is 6.14. The Morgan fingerprint density at radius 1 is 1.47 bits per heavy atom. The lowest BCUT2D eigenvalue weighted by molar-refractivity contribution is 0.0880. The van der Waals surface area contributed by atoms with Crippen LogP contribution in [0, 0.1) is 5.41 Å². The Bertz CT molecular complexity index is 222. The molecule has 2 aliphatic rings. The van der Waals surface area contributed by atoms with E-state index >= 15 is 0 Å². The fraction of sp³-hybridized carbons (Fsp3) is 1.00. The smallest absolute Gasteiger partial charge is 0.0700 e. The van der Waals surface area contributed by atoms with Gasteiger partial charge >= 0.3 is 0 Å². The molecular weight excluding hydrogens is 190 g/mol. The van der Waals surface area contributed by atoms with E-state index in [0.717, 1.165) is 19.4 Å². The lowest BCUT2D eigenvalue weighted by Crippen LogP contribution is -2.48. The molecule has 2 fully saturated rings. The maximum atomic E-state index is 9.46. The van der Waals surface area contributed by atoms with Crippen LogP contribution < -0.4 is 5.32 Å². The molecule has 2 rings (SSSR count). The van der Waals surface area contributed by atoms with E-state index in [1.54, 1.807) is 0 Å². The molecule has 0 aromatic rings. The predicted molar refractivity (Wildman–Crippen MR) is 59.8 cm³/mol. The van der Waals surface area contributed by atoms with Crippen molar-refractivity contribution in [2.75, 3.05) is 13.2 Å². The number of aliphatic hydroxyl groups excluding tert-OH is 1. The standard InChI is InChI=1S/C12H23NO2/c1-9-10(5-7-15-9)13-11-4-3-6-12(11,2)8-14/h9-11,13-14H,3-8H2,1-2H3. The summed E-state index contributed by atoms with van der Waals surface area (Å²) in [7, 11) is 0. The largest absolute Gasteiger partial charge is 0.396 e. The lowest BCUT2D eigenvalue weighted by Gasteiger charge is -2.33. The highest BCUT2D eigenvalue weighted by Crippen LogP contribution is 2.38. The van der Waals surface area contributed by atoms with Crippen LogP contribution in [0.4, 0.5) is 0 Å². The minimum Gasteiger partial charge on any atom is -0.396 e. The number of ether oxygens (including phenoxy) is 1. The van der Waals surface area contributed by atoms with Gasteiger partial charge in [0.05, 0.1) is 6.10 Å². The normalized spacial score (nSPS) is 46.2. The maximum Gasteiger partial charge on any atom is 0.0700 e. The molecule has 0 spiro atoms. The highest BCUT2D eigenvalue weighted by atomic mass is 16.5. The number of nitrogens with one attached hydrogen (secondary N) is 1. The van der Waals surface area contributed by atoms with E-state index < -0.39 is 0 Å². The summed E-state index contributed by atoms with van der Waals surface area (Å²) >= 11 is 0. The first-order chi connectivity index (χ1) is 7.15. The SMILES string of the molecule is CC1OCCC1NC1CCCC1(C)CO. The molecule has 0 radical (unpaired) electrons. The molecule has 88 valence electrons. The van der Waals surface area contributed by atoms with Crippen LogP contribution in [-0.4, -0.2) is 36.5 Å². The molecule has 3 nitrogen and oxygen atoms in total. The van der Waals surface area contributed by atoms with Crippen LogP contribution in [0.3, 0.4) is 0 Å². The number of rotatable bonds is 3. The van der Waals surface area contributed by atoms with E-state index in [2.05, 4.69) is 19.2 Å². The topological polar surface area (TPSA) is 41.5 Å².